The van der Waals surface area contributed by atoms with E-state index in [-0.39, 0.29) is 11.9 Å². The van der Waals surface area contributed by atoms with Gasteiger partial charge in [-0.2, -0.15) is 5.26 Å². The van der Waals surface area contributed by atoms with Crippen LogP contribution >= 0.6 is 0 Å². The Hall–Kier alpha value is -1.12. The molecular weight excluding hydrogens is 216 g/mol. The standard InChI is InChI=1S/C12H22N4O/c1-10-8-11(14)4-7-16(10)9-12(17)15(2)6-3-5-13/h10-11H,3-4,6-9,14H2,1-2H3. The van der Waals surface area contributed by atoms with Gasteiger partial charge >= 0.3 is 0 Å². The second kappa shape index (κ2) is 6.58. The van der Waals surface area contributed by atoms with Crippen LogP contribution in [0.25, 0.3) is 0 Å². The molecule has 1 aliphatic rings. The molecule has 0 radical (unpaired) electrons. The average Bonchev–Trinajstić information content (AvgIpc) is 2.29. The van der Waals surface area contributed by atoms with Crippen molar-refractivity contribution in [2.24, 2.45) is 5.73 Å². The number of nitriles is 1. The smallest absolute Gasteiger partial charge is 0.236 e. The van der Waals surface area contributed by atoms with Crippen LogP contribution in [-0.2, 0) is 4.79 Å². The van der Waals surface area contributed by atoms with Crippen molar-refractivity contribution >= 4 is 5.91 Å². The third-order valence-electron chi connectivity index (χ3n) is 3.38. The zero-order chi connectivity index (χ0) is 12.8. The molecular formula is C12H22N4O. The summed E-state index contributed by atoms with van der Waals surface area (Å²) in [5, 5.41) is 8.48. The molecule has 5 heteroatoms. The summed E-state index contributed by atoms with van der Waals surface area (Å²) >= 11 is 0. The predicted molar refractivity (Wildman–Crippen MR) is 66.1 cm³/mol. The van der Waals surface area contributed by atoms with Crippen molar-refractivity contribution in [2.45, 2.75) is 38.3 Å². The summed E-state index contributed by atoms with van der Waals surface area (Å²) in [6.07, 6.45) is 2.30. The Morgan fingerprint density at radius 1 is 1.65 bits per heavy atom. The van der Waals surface area contributed by atoms with Gasteiger partial charge in [0.25, 0.3) is 0 Å². The Morgan fingerprint density at radius 3 is 2.94 bits per heavy atom. The summed E-state index contributed by atoms with van der Waals surface area (Å²) in [6, 6.07) is 2.69. The van der Waals surface area contributed by atoms with Crippen LogP contribution in [0.3, 0.4) is 0 Å². The van der Waals surface area contributed by atoms with Gasteiger partial charge in [-0.1, -0.05) is 0 Å². The van der Waals surface area contributed by atoms with E-state index in [1.54, 1.807) is 11.9 Å². The first-order valence-electron chi connectivity index (χ1n) is 6.15. The number of likely N-dealkylation sites (tertiary alicyclic amines) is 1. The predicted octanol–water partition coefficient (Wildman–Crippen LogP) is 0.170. The van der Waals surface area contributed by atoms with Gasteiger partial charge in [0.1, 0.15) is 0 Å². The van der Waals surface area contributed by atoms with Crippen molar-refractivity contribution in [3.63, 3.8) is 0 Å². The van der Waals surface area contributed by atoms with E-state index in [9.17, 15) is 4.79 Å². The molecule has 0 bridgehead atoms. The number of hydrogen-bond donors (Lipinski definition) is 1. The normalized spacial score (nSPS) is 25.3. The lowest BCUT2D eigenvalue weighted by Crippen LogP contribution is -2.49. The number of nitrogens with two attached hydrogens (primary N) is 1. The highest BCUT2D eigenvalue weighted by Gasteiger charge is 2.25. The number of piperidine rings is 1. The minimum atomic E-state index is 0.0857. The quantitative estimate of drug-likeness (QED) is 0.757. The maximum atomic E-state index is 11.9. The molecule has 1 amide bonds. The number of amides is 1. The van der Waals surface area contributed by atoms with Crippen LogP contribution in [0.4, 0.5) is 0 Å². The summed E-state index contributed by atoms with van der Waals surface area (Å²) < 4.78 is 0. The van der Waals surface area contributed by atoms with Crippen LogP contribution in [-0.4, -0.2) is 54.5 Å². The van der Waals surface area contributed by atoms with Gasteiger partial charge in [0.05, 0.1) is 19.0 Å². The first-order valence-corrected chi connectivity index (χ1v) is 6.15. The maximum Gasteiger partial charge on any atom is 0.236 e. The average molecular weight is 238 g/mol. The van der Waals surface area contributed by atoms with Crippen molar-refractivity contribution in [3.8, 4) is 6.07 Å². The molecule has 0 aromatic heterocycles. The number of nitrogens with zero attached hydrogens (tertiary/aromatic N) is 3. The van der Waals surface area contributed by atoms with E-state index >= 15 is 0 Å². The monoisotopic (exact) mass is 238 g/mol. The first-order chi connectivity index (χ1) is 8.04. The van der Waals surface area contributed by atoms with Crippen LogP contribution in [0.15, 0.2) is 0 Å². The molecule has 17 heavy (non-hydrogen) atoms. The lowest BCUT2D eigenvalue weighted by Gasteiger charge is -2.36. The van der Waals surface area contributed by atoms with E-state index < -0.39 is 0 Å². The van der Waals surface area contributed by atoms with E-state index in [1.165, 1.54) is 0 Å². The Bertz CT molecular complexity index is 299. The van der Waals surface area contributed by atoms with E-state index in [1.807, 2.05) is 6.07 Å². The van der Waals surface area contributed by atoms with Crippen molar-refractivity contribution in [1.29, 1.82) is 5.26 Å². The van der Waals surface area contributed by atoms with Gasteiger partial charge in [-0.3, -0.25) is 9.69 Å². The molecule has 0 aliphatic carbocycles. The maximum absolute atomic E-state index is 11.9. The van der Waals surface area contributed by atoms with Crippen LogP contribution in [0.1, 0.15) is 26.2 Å². The Kier molecular flexibility index (Phi) is 5.39. The number of likely N-dealkylation sites (N-methyl/N-ethyl adjacent to an activating group) is 1. The summed E-state index contributed by atoms with van der Waals surface area (Å²) in [7, 11) is 1.75. The number of carbonyl (C=O) groups is 1. The summed E-state index contributed by atoms with van der Waals surface area (Å²) in [5.74, 6) is 0.0857. The summed E-state index contributed by atoms with van der Waals surface area (Å²) in [4.78, 5) is 15.7. The molecule has 1 aliphatic heterocycles. The van der Waals surface area contributed by atoms with Crippen LogP contribution < -0.4 is 5.73 Å². The lowest BCUT2D eigenvalue weighted by molar-refractivity contribution is -0.132. The minimum Gasteiger partial charge on any atom is -0.344 e. The van der Waals surface area contributed by atoms with Crippen LogP contribution in [0, 0.1) is 11.3 Å². The van der Waals surface area contributed by atoms with E-state index in [4.69, 9.17) is 11.0 Å². The first kappa shape index (κ1) is 13.9. The topological polar surface area (TPSA) is 73.4 Å². The molecule has 1 fully saturated rings. The third kappa shape index (κ3) is 4.33. The molecule has 1 rings (SSSR count). The fourth-order valence-corrected chi connectivity index (χ4v) is 2.13. The molecule has 96 valence electrons. The molecule has 2 unspecified atom stereocenters. The van der Waals surface area contributed by atoms with E-state index in [0.29, 0.717) is 25.6 Å². The largest absolute Gasteiger partial charge is 0.344 e. The molecule has 2 atom stereocenters. The van der Waals surface area contributed by atoms with Gasteiger partial charge < -0.3 is 10.6 Å². The zero-order valence-corrected chi connectivity index (χ0v) is 10.7. The Morgan fingerprint density at radius 2 is 2.35 bits per heavy atom. The van der Waals surface area contributed by atoms with Crippen LogP contribution in [0.5, 0.6) is 0 Å². The highest BCUT2D eigenvalue weighted by Crippen LogP contribution is 2.15. The summed E-state index contributed by atoms with van der Waals surface area (Å²) in [6.45, 7) is 3.95. The molecule has 0 spiro atoms. The van der Waals surface area contributed by atoms with Gasteiger partial charge in [-0.25, -0.2) is 0 Å². The third-order valence-corrected chi connectivity index (χ3v) is 3.38. The molecule has 1 saturated heterocycles. The van der Waals surface area contributed by atoms with Gasteiger partial charge in [0, 0.05) is 32.2 Å². The Balaban J connectivity index is 2.38. The molecule has 0 aromatic carbocycles. The van der Waals surface area contributed by atoms with Crippen molar-refractivity contribution < 1.29 is 4.79 Å². The van der Waals surface area contributed by atoms with Crippen molar-refractivity contribution in [1.82, 2.24) is 9.80 Å². The highest BCUT2D eigenvalue weighted by atomic mass is 16.2. The Labute approximate surface area is 103 Å². The van der Waals surface area contributed by atoms with E-state index in [2.05, 4.69) is 11.8 Å². The molecule has 0 saturated carbocycles. The fraction of sp³-hybridized carbons (Fsp3) is 0.833. The van der Waals surface area contributed by atoms with Gasteiger partial charge in [-0.15, -0.1) is 0 Å². The fourth-order valence-electron chi connectivity index (χ4n) is 2.13. The lowest BCUT2D eigenvalue weighted by atomic mass is 9.99. The second-order valence-electron chi connectivity index (χ2n) is 4.83. The number of carbonyl (C=O) groups excluding carboxylic acids is 1. The van der Waals surface area contributed by atoms with Gasteiger partial charge in [0.15, 0.2) is 0 Å². The zero-order valence-electron chi connectivity index (χ0n) is 10.7. The van der Waals surface area contributed by atoms with Gasteiger partial charge in [-0.05, 0) is 19.8 Å². The van der Waals surface area contributed by atoms with Crippen LogP contribution in [0.2, 0.25) is 0 Å². The summed E-state index contributed by atoms with van der Waals surface area (Å²) in [5.41, 5.74) is 5.89. The van der Waals surface area contributed by atoms with E-state index in [0.717, 1.165) is 19.4 Å². The molecule has 0 aromatic rings. The highest BCUT2D eigenvalue weighted by molar-refractivity contribution is 5.78. The molecule has 2 N–H and O–H groups in total. The molecule has 1 heterocycles. The van der Waals surface area contributed by atoms with Gasteiger partial charge in [0.2, 0.25) is 5.91 Å². The minimum absolute atomic E-state index is 0.0857. The molecule has 5 nitrogen and oxygen atoms in total. The number of hydrogen-bond acceptors (Lipinski definition) is 4. The van der Waals surface area contributed by atoms with Crippen molar-refractivity contribution in [3.05, 3.63) is 0 Å². The van der Waals surface area contributed by atoms with Crippen molar-refractivity contribution in [2.75, 3.05) is 26.7 Å². The number of rotatable bonds is 4. The SMILES string of the molecule is CC1CC(N)CCN1CC(=O)N(C)CCC#N. The second-order valence-corrected chi connectivity index (χ2v) is 4.83.